The van der Waals surface area contributed by atoms with E-state index in [-0.39, 0.29) is 5.56 Å². The van der Waals surface area contributed by atoms with Gasteiger partial charge in [0.25, 0.3) is 5.91 Å². The zero-order chi connectivity index (χ0) is 22.6. The van der Waals surface area contributed by atoms with Crippen molar-refractivity contribution in [3.05, 3.63) is 95.6 Å². The lowest BCUT2D eigenvalue weighted by Gasteiger charge is -2.26. The molecule has 0 spiro atoms. The number of amides is 1. The van der Waals surface area contributed by atoms with E-state index < -0.39 is 32.7 Å². The number of hydrogen-bond donors (Lipinski definition) is 1. The molecule has 0 saturated carbocycles. The van der Waals surface area contributed by atoms with Gasteiger partial charge in [-0.15, -0.1) is 0 Å². The highest BCUT2D eigenvalue weighted by atomic mass is 32.2. The van der Waals surface area contributed by atoms with Crippen molar-refractivity contribution >= 4 is 15.9 Å². The van der Waals surface area contributed by atoms with E-state index in [1.54, 1.807) is 18.3 Å². The van der Waals surface area contributed by atoms with Gasteiger partial charge in [-0.25, -0.2) is 12.8 Å². The quantitative estimate of drug-likeness (QED) is 0.614. The summed E-state index contributed by atoms with van der Waals surface area (Å²) in [5.41, 5.74) is 1.52. The van der Waals surface area contributed by atoms with Crippen molar-refractivity contribution in [1.82, 2.24) is 14.6 Å². The Bertz CT molecular complexity index is 1140. The number of hydrogen-bond acceptors (Lipinski definition) is 4. The average molecular weight is 454 g/mol. The minimum atomic E-state index is -4.02. The van der Waals surface area contributed by atoms with E-state index in [0.717, 1.165) is 37.0 Å². The van der Waals surface area contributed by atoms with Gasteiger partial charge in [0.2, 0.25) is 10.0 Å². The molecule has 1 fully saturated rings. The first kappa shape index (κ1) is 22.1. The molecule has 0 radical (unpaired) electrons. The molecule has 0 aliphatic carbocycles. The summed E-state index contributed by atoms with van der Waals surface area (Å²) in [6.07, 6.45) is 4.07. The maximum atomic E-state index is 14.5. The fourth-order valence-corrected chi connectivity index (χ4v) is 5.43. The van der Waals surface area contributed by atoms with Gasteiger partial charge in [0.1, 0.15) is 10.7 Å². The number of nitrogens with one attached hydrogen (secondary N) is 1. The molecule has 166 valence electrons. The number of pyridine rings is 1. The van der Waals surface area contributed by atoms with Crippen molar-refractivity contribution in [2.75, 3.05) is 13.1 Å². The third-order valence-corrected chi connectivity index (χ3v) is 7.43. The van der Waals surface area contributed by atoms with Crippen molar-refractivity contribution in [3.63, 3.8) is 0 Å². The number of carbonyl (C=O) groups excluding carboxylic acids is 1. The number of halogens is 1. The van der Waals surface area contributed by atoms with E-state index in [0.29, 0.717) is 18.8 Å². The van der Waals surface area contributed by atoms with Crippen LogP contribution in [0.25, 0.3) is 0 Å². The Morgan fingerprint density at radius 1 is 0.969 bits per heavy atom. The summed E-state index contributed by atoms with van der Waals surface area (Å²) in [5.74, 6) is -1.38. The molecule has 1 N–H and O–H groups in total. The van der Waals surface area contributed by atoms with Gasteiger partial charge in [-0.2, -0.15) is 4.31 Å². The Kier molecular flexibility index (Phi) is 6.62. The van der Waals surface area contributed by atoms with Gasteiger partial charge in [0.05, 0.1) is 11.7 Å². The topological polar surface area (TPSA) is 79.4 Å². The van der Waals surface area contributed by atoms with Crippen LogP contribution in [0.3, 0.4) is 0 Å². The number of piperidine rings is 1. The maximum Gasteiger partial charge on any atom is 0.252 e. The Morgan fingerprint density at radius 3 is 2.38 bits per heavy atom. The molecule has 8 heteroatoms. The number of nitrogens with zero attached hydrogens (tertiary/aromatic N) is 2. The van der Waals surface area contributed by atoms with Crippen LogP contribution in [0, 0.1) is 5.82 Å². The Hall–Kier alpha value is -3.10. The highest BCUT2D eigenvalue weighted by Gasteiger charge is 2.30. The summed E-state index contributed by atoms with van der Waals surface area (Å²) in [6.45, 7) is 0.710. The van der Waals surface area contributed by atoms with Crippen molar-refractivity contribution in [3.8, 4) is 0 Å². The van der Waals surface area contributed by atoms with Gasteiger partial charge >= 0.3 is 0 Å². The first-order valence-corrected chi connectivity index (χ1v) is 12.0. The molecule has 1 saturated heterocycles. The molecule has 1 aliphatic heterocycles. The van der Waals surface area contributed by atoms with Crippen molar-refractivity contribution in [2.24, 2.45) is 0 Å². The number of aromatic nitrogens is 1. The summed E-state index contributed by atoms with van der Waals surface area (Å²) in [4.78, 5) is 17.0. The van der Waals surface area contributed by atoms with Crippen LogP contribution in [-0.4, -0.2) is 36.7 Å². The standard InChI is InChI=1S/C24H24FN3O3S/c25-20-13-12-19(17-22(20)32(30,31)28-15-7-2-8-16-28)24(29)27-23(18-9-3-1-4-10-18)21-11-5-6-14-26-21/h1,3-6,9-14,17,23H,2,7-8,15-16H2,(H,27,29). The van der Waals surface area contributed by atoms with Gasteiger partial charge in [-0.1, -0.05) is 42.8 Å². The van der Waals surface area contributed by atoms with Gasteiger partial charge < -0.3 is 5.32 Å². The smallest absolute Gasteiger partial charge is 0.252 e. The van der Waals surface area contributed by atoms with Crippen LogP contribution in [0.1, 0.15) is 46.9 Å². The second kappa shape index (κ2) is 9.58. The summed E-state index contributed by atoms with van der Waals surface area (Å²) in [6, 6.07) is 17.6. The zero-order valence-electron chi connectivity index (χ0n) is 17.4. The maximum absolute atomic E-state index is 14.5. The van der Waals surface area contributed by atoms with Crippen molar-refractivity contribution < 1.29 is 17.6 Å². The normalized spacial score (nSPS) is 15.8. The molecule has 1 aromatic heterocycles. The average Bonchev–Trinajstić information content (AvgIpc) is 2.84. The minimum Gasteiger partial charge on any atom is -0.340 e. The van der Waals surface area contributed by atoms with Gasteiger partial charge in [0, 0.05) is 24.8 Å². The van der Waals surface area contributed by atoms with Crippen molar-refractivity contribution in [1.29, 1.82) is 0 Å². The van der Waals surface area contributed by atoms with Crippen molar-refractivity contribution in [2.45, 2.75) is 30.2 Å². The fraction of sp³-hybridized carbons (Fsp3) is 0.250. The number of sulfonamides is 1. The molecule has 1 unspecified atom stereocenters. The molecule has 4 rings (SSSR count). The summed E-state index contributed by atoms with van der Waals surface area (Å²) < 4.78 is 41.8. The third kappa shape index (κ3) is 4.71. The number of benzene rings is 2. The van der Waals surface area contributed by atoms with E-state index in [1.807, 2.05) is 36.4 Å². The Labute approximate surface area is 187 Å². The largest absolute Gasteiger partial charge is 0.340 e. The number of carbonyl (C=O) groups is 1. The van der Waals surface area contributed by atoms with Crippen LogP contribution in [0.5, 0.6) is 0 Å². The predicted molar refractivity (Wildman–Crippen MR) is 119 cm³/mol. The molecule has 3 aromatic rings. The third-order valence-electron chi connectivity index (χ3n) is 5.52. The first-order chi connectivity index (χ1) is 15.5. The van der Waals surface area contributed by atoms with E-state index in [1.165, 1.54) is 10.4 Å². The molecular weight excluding hydrogens is 429 g/mol. The lowest BCUT2D eigenvalue weighted by molar-refractivity contribution is 0.0942. The second-order valence-corrected chi connectivity index (χ2v) is 9.59. The van der Waals surface area contributed by atoms with E-state index >= 15 is 0 Å². The Morgan fingerprint density at radius 2 is 1.69 bits per heavy atom. The molecule has 1 amide bonds. The molecule has 1 aliphatic rings. The molecular formula is C24H24FN3O3S. The molecule has 2 heterocycles. The molecule has 6 nitrogen and oxygen atoms in total. The lowest BCUT2D eigenvalue weighted by atomic mass is 10.0. The van der Waals surface area contributed by atoms with Gasteiger partial charge in [-0.05, 0) is 48.7 Å². The molecule has 2 aromatic carbocycles. The van der Waals surface area contributed by atoms with Crippen LogP contribution in [0.2, 0.25) is 0 Å². The van der Waals surface area contributed by atoms with Gasteiger partial charge in [-0.3, -0.25) is 9.78 Å². The van der Waals surface area contributed by atoms with Crippen LogP contribution in [0.4, 0.5) is 4.39 Å². The second-order valence-electron chi connectivity index (χ2n) is 7.68. The predicted octanol–water partition coefficient (Wildman–Crippen LogP) is 3.91. The fourth-order valence-electron chi connectivity index (χ4n) is 3.82. The number of rotatable bonds is 6. The first-order valence-electron chi connectivity index (χ1n) is 10.5. The molecule has 0 bridgehead atoms. The van der Waals surface area contributed by atoms with Crippen LogP contribution in [-0.2, 0) is 10.0 Å². The summed E-state index contributed by atoms with van der Waals surface area (Å²) in [7, 11) is -4.02. The summed E-state index contributed by atoms with van der Waals surface area (Å²) >= 11 is 0. The lowest BCUT2D eigenvalue weighted by Crippen LogP contribution is -2.36. The molecule has 1 atom stereocenters. The SMILES string of the molecule is O=C(NC(c1ccccc1)c1ccccn1)c1ccc(F)c(S(=O)(=O)N2CCCCC2)c1. The minimum absolute atomic E-state index is 0.0684. The Balaban J connectivity index is 1.65. The summed E-state index contributed by atoms with van der Waals surface area (Å²) in [5, 5.41) is 2.91. The molecule has 32 heavy (non-hydrogen) atoms. The van der Waals surface area contributed by atoms with Crippen LogP contribution < -0.4 is 5.32 Å². The zero-order valence-corrected chi connectivity index (χ0v) is 18.3. The highest BCUT2D eigenvalue weighted by molar-refractivity contribution is 7.89. The van der Waals surface area contributed by atoms with E-state index in [9.17, 15) is 17.6 Å². The monoisotopic (exact) mass is 453 g/mol. The van der Waals surface area contributed by atoms with E-state index in [4.69, 9.17) is 0 Å². The van der Waals surface area contributed by atoms with Gasteiger partial charge in [0.15, 0.2) is 0 Å². The van der Waals surface area contributed by atoms with E-state index in [2.05, 4.69) is 10.3 Å². The van der Waals surface area contributed by atoms with Crippen LogP contribution in [0.15, 0.2) is 77.8 Å². The van der Waals surface area contributed by atoms with Crippen LogP contribution >= 0.6 is 0 Å². The highest BCUT2D eigenvalue weighted by Crippen LogP contribution is 2.25.